The minimum Gasteiger partial charge on any atom is -0.485 e. The van der Waals surface area contributed by atoms with Crippen LogP contribution in [0, 0.1) is 0 Å². The molecule has 0 aliphatic carbocycles. The number of ether oxygens (including phenoxy) is 2. The summed E-state index contributed by atoms with van der Waals surface area (Å²) in [6, 6.07) is 7.15. The molecular formula is C16H22N6O3. The number of amides is 1. The van der Waals surface area contributed by atoms with Gasteiger partial charge in [0.2, 0.25) is 0 Å². The number of aromatic nitrogens is 4. The minimum atomic E-state index is -0.153. The highest BCUT2D eigenvalue weighted by Crippen LogP contribution is 2.18. The molecule has 1 saturated heterocycles. The average molecular weight is 346 g/mol. The fourth-order valence-corrected chi connectivity index (χ4v) is 2.54. The van der Waals surface area contributed by atoms with Gasteiger partial charge < -0.3 is 14.8 Å². The summed E-state index contributed by atoms with van der Waals surface area (Å²) in [6.07, 6.45) is 0. The number of benzene rings is 1. The maximum atomic E-state index is 12.5. The van der Waals surface area contributed by atoms with Gasteiger partial charge in [-0.1, -0.05) is 12.1 Å². The number of hydrogen-bond acceptors (Lipinski definition) is 7. The van der Waals surface area contributed by atoms with E-state index in [1.54, 1.807) is 19.2 Å². The highest BCUT2D eigenvalue weighted by Gasteiger charge is 2.14. The Bertz CT molecular complexity index is 699. The van der Waals surface area contributed by atoms with Crippen LogP contribution < -0.4 is 10.1 Å². The molecule has 1 N–H and O–H groups in total. The second-order valence-electron chi connectivity index (χ2n) is 5.71. The molecule has 1 fully saturated rings. The van der Waals surface area contributed by atoms with Crippen LogP contribution in [0.1, 0.15) is 16.2 Å². The van der Waals surface area contributed by atoms with Crippen LogP contribution in [0.3, 0.4) is 0 Å². The molecule has 9 nitrogen and oxygen atoms in total. The second kappa shape index (κ2) is 8.54. The van der Waals surface area contributed by atoms with Crippen molar-refractivity contribution in [2.24, 2.45) is 7.05 Å². The summed E-state index contributed by atoms with van der Waals surface area (Å²) in [5.74, 6) is 0.942. The summed E-state index contributed by atoms with van der Waals surface area (Å²) in [7, 11) is 1.74. The first kappa shape index (κ1) is 17.3. The van der Waals surface area contributed by atoms with Crippen LogP contribution in [-0.4, -0.2) is 70.4 Å². The number of aryl methyl sites for hydroxylation is 1. The van der Waals surface area contributed by atoms with Crippen molar-refractivity contribution in [1.82, 2.24) is 30.4 Å². The normalized spacial score (nSPS) is 15.1. The summed E-state index contributed by atoms with van der Waals surface area (Å²) in [6.45, 7) is 4.90. The zero-order valence-electron chi connectivity index (χ0n) is 14.2. The minimum absolute atomic E-state index is 0.153. The van der Waals surface area contributed by atoms with E-state index in [1.165, 1.54) is 4.68 Å². The lowest BCUT2D eigenvalue weighted by Crippen LogP contribution is -2.41. The monoisotopic (exact) mass is 346 g/mol. The average Bonchev–Trinajstić information content (AvgIpc) is 3.06. The van der Waals surface area contributed by atoms with Crippen LogP contribution in [0.4, 0.5) is 0 Å². The van der Waals surface area contributed by atoms with E-state index in [9.17, 15) is 4.79 Å². The molecule has 0 bridgehead atoms. The smallest absolute Gasteiger partial charge is 0.255 e. The number of hydrogen-bond donors (Lipinski definition) is 1. The summed E-state index contributed by atoms with van der Waals surface area (Å²) in [5.41, 5.74) is 0.500. The maximum Gasteiger partial charge on any atom is 0.255 e. The molecule has 1 aromatic heterocycles. The Morgan fingerprint density at radius 1 is 1.32 bits per heavy atom. The van der Waals surface area contributed by atoms with E-state index in [0.717, 1.165) is 32.8 Å². The molecule has 1 aliphatic rings. The Kier molecular flexibility index (Phi) is 5.91. The molecule has 134 valence electrons. The van der Waals surface area contributed by atoms with Gasteiger partial charge in [-0.2, -0.15) is 0 Å². The number of carbonyl (C=O) groups excluding carboxylic acids is 1. The zero-order valence-corrected chi connectivity index (χ0v) is 14.2. The summed E-state index contributed by atoms with van der Waals surface area (Å²) in [5, 5.41) is 14.1. The Morgan fingerprint density at radius 2 is 2.12 bits per heavy atom. The zero-order chi connectivity index (χ0) is 17.5. The van der Waals surface area contributed by atoms with E-state index in [0.29, 0.717) is 23.7 Å². The van der Waals surface area contributed by atoms with Gasteiger partial charge >= 0.3 is 0 Å². The Morgan fingerprint density at radius 3 is 2.88 bits per heavy atom. The van der Waals surface area contributed by atoms with Gasteiger partial charge in [-0.05, 0) is 22.6 Å². The van der Waals surface area contributed by atoms with Crippen molar-refractivity contribution in [2.75, 3.05) is 39.4 Å². The summed E-state index contributed by atoms with van der Waals surface area (Å²) >= 11 is 0. The van der Waals surface area contributed by atoms with Crippen molar-refractivity contribution >= 4 is 5.91 Å². The van der Waals surface area contributed by atoms with Gasteiger partial charge in [-0.25, -0.2) is 4.68 Å². The number of nitrogens with one attached hydrogen (secondary N) is 1. The third kappa shape index (κ3) is 4.74. The first-order valence-electron chi connectivity index (χ1n) is 8.25. The Labute approximate surface area is 145 Å². The molecule has 1 aliphatic heterocycles. The highest BCUT2D eigenvalue weighted by molar-refractivity contribution is 5.96. The molecule has 1 aromatic carbocycles. The van der Waals surface area contributed by atoms with Crippen LogP contribution in [0.15, 0.2) is 24.3 Å². The molecule has 0 saturated carbocycles. The molecule has 0 atom stereocenters. The fourth-order valence-electron chi connectivity index (χ4n) is 2.54. The molecule has 9 heteroatoms. The number of rotatable bonds is 7. The van der Waals surface area contributed by atoms with Crippen molar-refractivity contribution in [2.45, 2.75) is 6.61 Å². The molecular weight excluding hydrogens is 324 g/mol. The summed E-state index contributed by atoms with van der Waals surface area (Å²) in [4.78, 5) is 14.7. The fraction of sp³-hybridized carbons (Fsp3) is 0.500. The van der Waals surface area contributed by atoms with Crippen LogP contribution in [0.5, 0.6) is 5.75 Å². The van der Waals surface area contributed by atoms with Crippen molar-refractivity contribution in [3.8, 4) is 5.75 Å². The molecule has 1 amide bonds. The SMILES string of the molecule is Cn1nnnc1COc1ccccc1C(=O)NCCN1CCOCC1. The lowest BCUT2D eigenvalue weighted by Gasteiger charge is -2.26. The predicted octanol–water partition coefficient (Wildman–Crippen LogP) is -0.149. The van der Waals surface area contributed by atoms with E-state index < -0.39 is 0 Å². The topological polar surface area (TPSA) is 94.4 Å². The van der Waals surface area contributed by atoms with E-state index in [2.05, 4.69) is 25.7 Å². The van der Waals surface area contributed by atoms with Gasteiger partial charge in [0, 0.05) is 33.2 Å². The largest absolute Gasteiger partial charge is 0.485 e. The number of carbonyl (C=O) groups is 1. The van der Waals surface area contributed by atoms with E-state index >= 15 is 0 Å². The van der Waals surface area contributed by atoms with Gasteiger partial charge in [0.1, 0.15) is 12.4 Å². The molecule has 2 aromatic rings. The van der Waals surface area contributed by atoms with Crippen molar-refractivity contribution in [1.29, 1.82) is 0 Å². The molecule has 0 radical (unpaired) electrons. The van der Waals surface area contributed by atoms with E-state index in [-0.39, 0.29) is 12.5 Å². The van der Waals surface area contributed by atoms with Crippen LogP contribution in [-0.2, 0) is 18.4 Å². The number of para-hydroxylation sites is 1. The summed E-state index contributed by atoms with van der Waals surface area (Å²) < 4.78 is 12.6. The molecule has 0 spiro atoms. The van der Waals surface area contributed by atoms with Gasteiger partial charge in [-0.15, -0.1) is 5.10 Å². The Balaban J connectivity index is 1.53. The van der Waals surface area contributed by atoms with Crippen LogP contribution in [0.2, 0.25) is 0 Å². The lowest BCUT2D eigenvalue weighted by molar-refractivity contribution is 0.0383. The van der Waals surface area contributed by atoms with Gasteiger partial charge in [0.05, 0.1) is 18.8 Å². The molecule has 3 rings (SSSR count). The lowest BCUT2D eigenvalue weighted by atomic mass is 10.2. The standard InChI is InChI=1S/C16H22N6O3/c1-21-15(18-19-20-21)12-25-14-5-3-2-4-13(14)16(23)17-6-7-22-8-10-24-11-9-22/h2-5H,6-12H2,1H3,(H,17,23). The van der Waals surface area contributed by atoms with Gasteiger partial charge in [0.25, 0.3) is 5.91 Å². The molecule has 2 heterocycles. The van der Waals surface area contributed by atoms with E-state index in [4.69, 9.17) is 9.47 Å². The highest BCUT2D eigenvalue weighted by atomic mass is 16.5. The van der Waals surface area contributed by atoms with Crippen molar-refractivity contribution in [3.05, 3.63) is 35.7 Å². The quantitative estimate of drug-likeness (QED) is 0.745. The van der Waals surface area contributed by atoms with Crippen molar-refractivity contribution < 1.29 is 14.3 Å². The van der Waals surface area contributed by atoms with Crippen LogP contribution in [0.25, 0.3) is 0 Å². The third-order valence-corrected chi connectivity index (χ3v) is 4.01. The molecule has 25 heavy (non-hydrogen) atoms. The number of morpholine rings is 1. The first-order chi connectivity index (χ1) is 12.2. The third-order valence-electron chi connectivity index (χ3n) is 4.01. The van der Waals surface area contributed by atoms with Crippen LogP contribution >= 0.6 is 0 Å². The van der Waals surface area contributed by atoms with Gasteiger partial charge in [0.15, 0.2) is 5.82 Å². The van der Waals surface area contributed by atoms with Gasteiger partial charge in [-0.3, -0.25) is 9.69 Å². The second-order valence-corrected chi connectivity index (χ2v) is 5.71. The first-order valence-corrected chi connectivity index (χ1v) is 8.25. The number of tetrazole rings is 1. The number of nitrogens with zero attached hydrogens (tertiary/aromatic N) is 5. The Hall–Kier alpha value is -2.52. The van der Waals surface area contributed by atoms with Crippen molar-refractivity contribution in [3.63, 3.8) is 0 Å². The predicted molar refractivity (Wildman–Crippen MR) is 89.2 cm³/mol. The maximum absolute atomic E-state index is 12.5. The van der Waals surface area contributed by atoms with E-state index in [1.807, 2.05) is 12.1 Å². The molecule has 0 unspecified atom stereocenters.